The molecule has 3 aromatic rings. The SMILES string of the molecule is CCOc1cc(/C=C(/C#N)c2ccc(C(=O)O)cc2)cc(Cl)c1OCc1ccc(Cl)c(Cl)c1. The van der Waals surface area contributed by atoms with Crippen LogP contribution in [0.15, 0.2) is 54.6 Å². The van der Waals surface area contributed by atoms with Crippen molar-refractivity contribution in [2.75, 3.05) is 6.61 Å². The molecule has 5 nitrogen and oxygen atoms in total. The van der Waals surface area contributed by atoms with E-state index in [9.17, 15) is 10.1 Å². The van der Waals surface area contributed by atoms with Crippen LogP contribution < -0.4 is 9.47 Å². The quantitative estimate of drug-likeness (QED) is 0.257. The van der Waals surface area contributed by atoms with Gasteiger partial charge in [0.15, 0.2) is 11.5 Å². The van der Waals surface area contributed by atoms with Crippen molar-refractivity contribution in [1.29, 1.82) is 5.26 Å². The first-order valence-corrected chi connectivity index (χ1v) is 10.9. The zero-order chi connectivity index (χ0) is 24.0. The Morgan fingerprint density at radius 3 is 2.27 bits per heavy atom. The van der Waals surface area contributed by atoms with Gasteiger partial charge in [0.2, 0.25) is 0 Å². The summed E-state index contributed by atoms with van der Waals surface area (Å²) in [5, 5.41) is 19.9. The Balaban J connectivity index is 1.90. The van der Waals surface area contributed by atoms with Crippen molar-refractivity contribution in [3.8, 4) is 17.6 Å². The first-order chi connectivity index (χ1) is 15.8. The predicted octanol–water partition coefficient (Wildman–Crippen LogP) is 7.39. The van der Waals surface area contributed by atoms with Gasteiger partial charge in [-0.25, -0.2) is 4.79 Å². The van der Waals surface area contributed by atoms with Gasteiger partial charge in [-0.15, -0.1) is 0 Å². The highest BCUT2D eigenvalue weighted by Gasteiger charge is 2.14. The number of ether oxygens (including phenoxy) is 2. The number of nitriles is 1. The monoisotopic (exact) mass is 501 g/mol. The van der Waals surface area contributed by atoms with E-state index in [4.69, 9.17) is 49.4 Å². The van der Waals surface area contributed by atoms with Crippen molar-refractivity contribution in [2.24, 2.45) is 0 Å². The van der Waals surface area contributed by atoms with Crippen LogP contribution in [0.2, 0.25) is 15.1 Å². The number of rotatable bonds is 8. The number of aromatic carboxylic acids is 1. The van der Waals surface area contributed by atoms with Gasteiger partial charge in [-0.05, 0) is 66.1 Å². The van der Waals surface area contributed by atoms with Crippen LogP contribution in [0.5, 0.6) is 11.5 Å². The van der Waals surface area contributed by atoms with Crippen LogP contribution in [0, 0.1) is 11.3 Å². The van der Waals surface area contributed by atoms with Crippen LogP contribution in [-0.2, 0) is 6.61 Å². The molecule has 0 radical (unpaired) electrons. The fourth-order valence-corrected chi connectivity index (χ4v) is 3.59. The van der Waals surface area contributed by atoms with Crippen molar-refractivity contribution in [1.82, 2.24) is 0 Å². The first-order valence-electron chi connectivity index (χ1n) is 9.81. The molecule has 0 bridgehead atoms. The Bertz CT molecular complexity index is 1250. The predicted molar refractivity (Wildman–Crippen MR) is 130 cm³/mol. The van der Waals surface area contributed by atoms with E-state index in [1.807, 2.05) is 6.92 Å². The number of allylic oxidation sites excluding steroid dienone is 1. The summed E-state index contributed by atoms with van der Waals surface area (Å²) >= 11 is 18.5. The van der Waals surface area contributed by atoms with E-state index in [0.717, 1.165) is 5.56 Å². The highest BCUT2D eigenvalue weighted by atomic mass is 35.5. The fraction of sp³-hybridized carbons (Fsp3) is 0.120. The van der Waals surface area contributed by atoms with E-state index in [-0.39, 0.29) is 12.2 Å². The minimum Gasteiger partial charge on any atom is -0.490 e. The molecule has 0 aliphatic carbocycles. The molecule has 0 fully saturated rings. The van der Waals surface area contributed by atoms with Crippen molar-refractivity contribution in [3.63, 3.8) is 0 Å². The summed E-state index contributed by atoms with van der Waals surface area (Å²) in [6.07, 6.45) is 1.65. The lowest BCUT2D eigenvalue weighted by molar-refractivity contribution is 0.0697. The molecular formula is C25H18Cl3NO4. The third kappa shape index (κ3) is 6.21. The minimum atomic E-state index is -1.03. The Hall–Kier alpha value is -3.17. The number of hydrogen-bond donors (Lipinski definition) is 1. The lowest BCUT2D eigenvalue weighted by atomic mass is 10.0. The maximum atomic E-state index is 11.1. The van der Waals surface area contributed by atoms with Crippen molar-refractivity contribution >= 4 is 52.4 Å². The van der Waals surface area contributed by atoms with Gasteiger partial charge in [-0.1, -0.05) is 53.0 Å². The number of carboxylic acid groups (broad SMARTS) is 1. The summed E-state index contributed by atoms with van der Waals surface area (Å²) in [5.74, 6) is -0.241. The van der Waals surface area contributed by atoms with Crippen molar-refractivity contribution in [2.45, 2.75) is 13.5 Å². The van der Waals surface area contributed by atoms with E-state index < -0.39 is 5.97 Å². The molecule has 0 aromatic heterocycles. The van der Waals surface area contributed by atoms with Gasteiger partial charge in [0, 0.05) is 0 Å². The maximum Gasteiger partial charge on any atom is 0.335 e. The summed E-state index contributed by atoms with van der Waals surface area (Å²) in [6.45, 7) is 2.42. The molecule has 3 aromatic carbocycles. The van der Waals surface area contributed by atoms with Gasteiger partial charge in [-0.2, -0.15) is 5.26 Å². The Morgan fingerprint density at radius 1 is 0.970 bits per heavy atom. The maximum absolute atomic E-state index is 11.1. The molecule has 0 atom stereocenters. The molecule has 8 heteroatoms. The van der Waals surface area contributed by atoms with Crippen molar-refractivity contribution < 1.29 is 19.4 Å². The van der Waals surface area contributed by atoms with Crippen LogP contribution in [0.3, 0.4) is 0 Å². The topological polar surface area (TPSA) is 79.5 Å². The molecule has 0 aliphatic heterocycles. The molecule has 0 aliphatic rings. The van der Waals surface area contributed by atoms with E-state index >= 15 is 0 Å². The summed E-state index contributed by atoms with van der Waals surface area (Å²) in [6, 6.07) is 16.8. The molecule has 3 rings (SSSR count). The average molecular weight is 503 g/mol. The molecule has 0 spiro atoms. The highest BCUT2D eigenvalue weighted by Crippen LogP contribution is 2.38. The molecule has 1 N–H and O–H groups in total. The highest BCUT2D eigenvalue weighted by molar-refractivity contribution is 6.42. The largest absolute Gasteiger partial charge is 0.490 e. The minimum absolute atomic E-state index is 0.140. The molecule has 0 heterocycles. The summed E-state index contributed by atoms with van der Waals surface area (Å²) in [5.41, 5.74) is 2.50. The van der Waals surface area contributed by atoms with Crippen LogP contribution in [-0.4, -0.2) is 17.7 Å². The first kappa shape index (κ1) is 24.5. The van der Waals surface area contributed by atoms with Gasteiger partial charge in [0.25, 0.3) is 0 Å². The number of carbonyl (C=O) groups is 1. The normalized spacial score (nSPS) is 11.1. The van der Waals surface area contributed by atoms with E-state index in [2.05, 4.69) is 6.07 Å². The van der Waals surface area contributed by atoms with Crippen LogP contribution >= 0.6 is 34.8 Å². The van der Waals surface area contributed by atoms with Gasteiger partial charge < -0.3 is 14.6 Å². The van der Waals surface area contributed by atoms with Gasteiger partial charge >= 0.3 is 5.97 Å². The number of carboxylic acids is 1. The third-order valence-corrected chi connectivity index (χ3v) is 5.59. The smallest absolute Gasteiger partial charge is 0.335 e. The molecular weight excluding hydrogens is 485 g/mol. The molecule has 168 valence electrons. The zero-order valence-corrected chi connectivity index (χ0v) is 19.7. The van der Waals surface area contributed by atoms with Gasteiger partial charge in [0.05, 0.1) is 38.9 Å². The second-order valence-corrected chi connectivity index (χ2v) is 8.07. The summed E-state index contributed by atoms with van der Waals surface area (Å²) in [7, 11) is 0. The number of halogens is 3. The third-order valence-electron chi connectivity index (χ3n) is 4.57. The van der Waals surface area contributed by atoms with Crippen LogP contribution in [0.4, 0.5) is 0 Å². The number of benzene rings is 3. The molecule has 0 saturated heterocycles. The molecule has 0 saturated carbocycles. The summed E-state index contributed by atoms with van der Waals surface area (Å²) < 4.78 is 11.6. The Morgan fingerprint density at radius 2 is 1.67 bits per heavy atom. The average Bonchev–Trinajstić information content (AvgIpc) is 2.79. The van der Waals surface area contributed by atoms with Gasteiger partial charge in [-0.3, -0.25) is 0 Å². The van der Waals surface area contributed by atoms with E-state index in [1.165, 1.54) is 12.1 Å². The second kappa shape index (κ2) is 11.1. The molecule has 0 amide bonds. The second-order valence-electron chi connectivity index (χ2n) is 6.85. The number of nitrogens with zero attached hydrogens (tertiary/aromatic N) is 1. The van der Waals surface area contributed by atoms with E-state index in [0.29, 0.717) is 49.9 Å². The number of hydrogen-bond acceptors (Lipinski definition) is 4. The zero-order valence-electron chi connectivity index (χ0n) is 17.4. The fourth-order valence-electron chi connectivity index (χ4n) is 3.00. The summed E-state index contributed by atoms with van der Waals surface area (Å²) in [4.78, 5) is 11.1. The lowest BCUT2D eigenvalue weighted by Gasteiger charge is -2.15. The van der Waals surface area contributed by atoms with Crippen LogP contribution in [0.25, 0.3) is 11.6 Å². The van der Waals surface area contributed by atoms with Crippen molar-refractivity contribution in [3.05, 3.63) is 91.9 Å². The Kier molecular flexibility index (Phi) is 8.24. The molecule has 33 heavy (non-hydrogen) atoms. The standard InChI is InChI=1S/C25H18Cl3NO4/c1-2-32-23-12-16(9-19(13-29)17-4-6-18(7-5-17)25(30)31)11-22(28)24(23)33-14-15-3-8-20(26)21(27)10-15/h3-12H,2,14H2,1H3,(H,30,31)/b19-9-. The molecule has 0 unspecified atom stereocenters. The van der Waals surface area contributed by atoms with Gasteiger partial charge in [0.1, 0.15) is 6.61 Å². The Labute approximate surface area is 206 Å². The van der Waals surface area contributed by atoms with E-state index in [1.54, 1.807) is 48.5 Å². The lowest BCUT2D eigenvalue weighted by Crippen LogP contribution is -2.01. The van der Waals surface area contributed by atoms with Crippen LogP contribution in [0.1, 0.15) is 34.0 Å².